The van der Waals surface area contributed by atoms with Crippen LogP contribution < -0.4 is 15.6 Å². The summed E-state index contributed by atoms with van der Waals surface area (Å²) in [5, 5.41) is 0. The summed E-state index contributed by atoms with van der Waals surface area (Å²) in [5.74, 6) is -3.56. The number of halogens is 3. The molecule has 0 saturated carbocycles. The Hall–Kier alpha value is -3.05. The van der Waals surface area contributed by atoms with E-state index >= 15 is 0 Å². The lowest BCUT2D eigenvalue weighted by atomic mass is 10.2. The molecule has 1 aromatic heterocycles. The van der Waals surface area contributed by atoms with Crippen LogP contribution in [0.1, 0.15) is 30.3 Å². The summed E-state index contributed by atoms with van der Waals surface area (Å²) in [6, 6.07) is -1.15. The second-order valence-corrected chi connectivity index (χ2v) is 5.59. The number of alkyl halides is 3. The van der Waals surface area contributed by atoms with Crippen LogP contribution in [0.25, 0.3) is 0 Å². The van der Waals surface area contributed by atoms with Crippen molar-refractivity contribution in [2.75, 3.05) is 19.2 Å². The minimum atomic E-state index is -4.69. The quantitative estimate of drug-likeness (QED) is 0.733. The van der Waals surface area contributed by atoms with Crippen LogP contribution in [0.4, 0.5) is 13.2 Å². The lowest BCUT2D eigenvalue weighted by Crippen LogP contribution is -2.54. The maximum absolute atomic E-state index is 13.0. The molecular formula is C15H16F3N3O6. The molecule has 1 aliphatic rings. The minimum Gasteiger partial charge on any atom is -0.469 e. The van der Waals surface area contributed by atoms with Crippen LogP contribution >= 0.6 is 0 Å². The number of amides is 1. The first kappa shape index (κ1) is 20.3. The topological polar surface area (TPSA) is 107 Å². The van der Waals surface area contributed by atoms with Gasteiger partial charge in [0, 0.05) is 12.3 Å². The van der Waals surface area contributed by atoms with Crippen molar-refractivity contribution in [3.63, 3.8) is 0 Å². The van der Waals surface area contributed by atoms with Crippen LogP contribution in [-0.2, 0) is 14.3 Å². The van der Waals surface area contributed by atoms with E-state index in [0.717, 1.165) is 31.0 Å². The molecular weight excluding hydrogens is 375 g/mol. The number of fused-ring (bicyclic) bond motifs is 1. The van der Waals surface area contributed by atoms with Crippen molar-refractivity contribution in [3.05, 3.63) is 28.2 Å². The molecule has 1 amide bonds. The van der Waals surface area contributed by atoms with Crippen LogP contribution in [0.3, 0.4) is 0 Å². The second-order valence-electron chi connectivity index (χ2n) is 5.59. The number of hydrogen-bond acceptors (Lipinski definition) is 7. The van der Waals surface area contributed by atoms with Crippen molar-refractivity contribution in [2.24, 2.45) is 0 Å². The van der Waals surface area contributed by atoms with Gasteiger partial charge in [-0.05, 0) is 6.92 Å². The first-order valence-corrected chi connectivity index (χ1v) is 7.71. The van der Waals surface area contributed by atoms with Gasteiger partial charge in [0.05, 0.1) is 20.0 Å². The molecule has 1 N–H and O–H groups in total. The Morgan fingerprint density at radius 3 is 2.48 bits per heavy atom. The van der Waals surface area contributed by atoms with E-state index in [-0.39, 0.29) is 6.42 Å². The first-order valence-electron chi connectivity index (χ1n) is 7.71. The maximum atomic E-state index is 13.0. The normalized spacial score (nSPS) is 14.9. The van der Waals surface area contributed by atoms with Gasteiger partial charge >= 0.3 is 18.1 Å². The van der Waals surface area contributed by atoms with Crippen LogP contribution in [0, 0.1) is 0 Å². The zero-order valence-corrected chi connectivity index (χ0v) is 14.3. The zero-order valence-electron chi connectivity index (χ0n) is 14.3. The highest BCUT2D eigenvalue weighted by Gasteiger charge is 2.44. The smallest absolute Gasteiger partial charge is 0.408 e. The predicted octanol–water partition coefficient (Wildman–Crippen LogP) is 0.614. The van der Waals surface area contributed by atoms with Crippen molar-refractivity contribution in [3.8, 4) is 5.75 Å². The third kappa shape index (κ3) is 4.38. The van der Waals surface area contributed by atoms with Gasteiger partial charge in [0.2, 0.25) is 11.2 Å². The summed E-state index contributed by atoms with van der Waals surface area (Å²) >= 11 is 0. The van der Waals surface area contributed by atoms with Gasteiger partial charge in [0.15, 0.2) is 5.69 Å². The van der Waals surface area contributed by atoms with Crippen LogP contribution in [0.15, 0.2) is 17.1 Å². The highest BCUT2D eigenvalue weighted by Crippen LogP contribution is 2.28. The van der Waals surface area contributed by atoms with E-state index in [2.05, 4.69) is 10.2 Å². The number of pyridine rings is 1. The molecule has 2 heterocycles. The Kier molecular flexibility index (Phi) is 5.76. The van der Waals surface area contributed by atoms with E-state index < -0.39 is 60.0 Å². The average molecular weight is 391 g/mol. The number of ether oxygens (including phenoxy) is 2. The fourth-order valence-corrected chi connectivity index (χ4v) is 2.27. The fourth-order valence-electron chi connectivity index (χ4n) is 2.27. The van der Waals surface area contributed by atoms with Crippen LogP contribution in [-0.4, -0.2) is 53.4 Å². The Morgan fingerprint density at radius 1 is 1.26 bits per heavy atom. The highest BCUT2D eigenvalue weighted by molar-refractivity contribution is 5.97. The number of methoxy groups -OCH3 is 1. The second kappa shape index (κ2) is 7.68. The van der Waals surface area contributed by atoms with Crippen molar-refractivity contribution >= 4 is 17.8 Å². The Bertz CT molecular complexity index is 820. The molecule has 1 atom stereocenters. The molecule has 12 heteroatoms. The van der Waals surface area contributed by atoms with Gasteiger partial charge in [-0.1, -0.05) is 0 Å². The van der Waals surface area contributed by atoms with Crippen molar-refractivity contribution in [1.82, 2.24) is 9.58 Å². The SMILES string of the molecule is COC(=O)CCC(=O)Oc1c2n(ccc1=O)NCN([C@H](C)C(F)(F)F)C2=O. The first-order chi connectivity index (χ1) is 12.6. The molecule has 9 nitrogen and oxygen atoms in total. The Morgan fingerprint density at radius 2 is 1.89 bits per heavy atom. The minimum absolute atomic E-state index is 0.324. The molecule has 1 aliphatic heterocycles. The predicted molar refractivity (Wildman–Crippen MR) is 83.5 cm³/mol. The Labute approximate surface area is 150 Å². The maximum Gasteiger partial charge on any atom is 0.408 e. The third-order valence-electron chi connectivity index (χ3n) is 3.85. The summed E-state index contributed by atoms with van der Waals surface area (Å²) in [5.41, 5.74) is 1.10. The molecule has 0 spiro atoms. The van der Waals surface area contributed by atoms with Gasteiger partial charge in [-0.2, -0.15) is 13.2 Å². The Balaban J connectivity index is 2.32. The number of nitrogens with zero attached hydrogens (tertiary/aromatic N) is 2. The van der Waals surface area contributed by atoms with Crippen LogP contribution in [0.2, 0.25) is 0 Å². The average Bonchev–Trinajstić information content (AvgIpc) is 2.60. The third-order valence-corrected chi connectivity index (χ3v) is 3.85. The standard InChI is InChI=1S/C15H16F3N3O6/c1-8(15(16,17)18)20-7-19-21-6-5-9(22)13(12(21)14(20)25)27-11(24)4-3-10(23)26-2/h5-6,8,19H,3-4,7H2,1-2H3/t8-/m1/s1. The fraction of sp³-hybridized carbons (Fsp3) is 0.467. The highest BCUT2D eigenvalue weighted by atomic mass is 19.4. The number of esters is 2. The van der Waals surface area contributed by atoms with E-state index in [9.17, 15) is 32.3 Å². The summed E-state index contributed by atoms with van der Waals surface area (Å²) in [4.78, 5) is 47.9. The van der Waals surface area contributed by atoms with E-state index in [4.69, 9.17) is 4.74 Å². The molecule has 0 bridgehead atoms. The summed E-state index contributed by atoms with van der Waals surface area (Å²) in [6.07, 6.45) is -4.32. The van der Waals surface area contributed by atoms with Gasteiger partial charge in [0.25, 0.3) is 5.91 Å². The molecule has 1 aromatic rings. The van der Waals surface area contributed by atoms with Crippen molar-refractivity contribution < 1.29 is 37.0 Å². The van der Waals surface area contributed by atoms with Crippen molar-refractivity contribution in [1.29, 1.82) is 0 Å². The monoisotopic (exact) mass is 391 g/mol. The largest absolute Gasteiger partial charge is 0.469 e. The van der Waals surface area contributed by atoms with E-state index in [1.165, 1.54) is 0 Å². The molecule has 0 saturated heterocycles. The molecule has 0 radical (unpaired) electrons. The number of carbonyl (C=O) groups is 3. The molecule has 0 fully saturated rings. The lowest BCUT2D eigenvalue weighted by Gasteiger charge is -2.36. The van der Waals surface area contributed by atoms with E-state index in [1.54, 1.807) is 0 Å². The summed E-state index contributed by atoms with van der Waals surface area (Å²) < 4.78 is 49.1. The number of hydrogen-bond donors (Lipinski definition) is 1. The van der Waals surface area contributed by atoms with Gasteiger partial charge in [-0.15, -0.1) is 0 Å². The molecule has 0 aromatic carbocycles. The van der Waals surface area contributed by atoms with Gasteiger partial charge in [0.1, 0.15) is 12.7 Å². The molecule has 148 valence electrons. The zero-order chi connectivity index (χ0) is 20.4. The number of nitrogens with one attached hydrogen (secondary N) is 1. The van der Waals surface area contributed by atoms with E-state index in [1.807, 2.05) is 0 Å². The lowest BCUT2D eigenvalue weighted by molar-refractivity contribution is -0.172. The van der Waals surface area contributed by atoms with Crippen LogP contribution in [0.5, 0.6) is 5.75 Å². The van der Waals surface area contributed by atoms with E-state index in [0.29, 0.717) is 4.90 Å². The molecule has 27 heavy (non-hydrogen) atoms. The molecule has 0 aliphatic carbocycles. The number of rotatable bonds is 5. The van der Waals surface area contributed by atoms with Gasteiger partial charge in [-0.3, -0.25) is 23.9 Å². The van der Waals surface area contributed by atoms with Crippen molar-refractivity contribution in [2.45, 2.75) is 32.0 Å². The number of carbonyl (C=O) groups excluding carboxylic acids is 3. The summed E-state index contributed by atoms with van der Waals surface area (Å²) in [6.45, 7) is 0.323. The molecule has 2 rings (SSSR count). The van der Waals surface area contributed by atoms with Gasteiger partial charge < -0.3 is 19.8 Å². The number of aromatic nitrogens is 1. The van der Waals surface area contributed by atoms with Gasteiger partial charge in [-0.25, -0.2) is 0 Å². The molecule has 0 unspecified atom stereocenters. The summed E-state index contributed by atoms with van der Waals surface area (Å²) in [7, 11) is 1.12.